The van der Waals surface area contributed by atoms with Crippen molar-refractivity contribution in [2.75, 3.05) is 0 Å². The van der Waals surface area contributed by atoms with Gasteiger partial charge >= 0.3 is 0 Å². The normalized spacial score (nSPS) is 19.3. The Labute approximate surface area is 90.5 Å². The highest BCUT2D eigenvalue weighted by Gasteiger charge is 2.30. The van der Waals surface area contributed by atoms with Crippen molar-refractivity contribution in [3.8, 4) is 6.07 Å². The Balaban J connectivity index is 3.21. The number of hydrogen-bond donors (Lipinski definition) is 1. The summed E-state index contributed by atoms with van der Waals surface area (Å²) in [5.74, 6) is -0.263. The van der Waals surface area contributed by atoms with E-state index in [1.165, 1.54) is 0 Å². The molecule has 3 nitrogen and oxygen atoms in total. The Hall–Kier alpha value is -1.56. The molecule has 0 bridgehead atoms. The van der Waals surface area contributed by atoms with E-state index in [9.17, 15) is 4.79 Å². The molecule has 1 aliphatic rings. The van der Waals surface area contributed by atoms with Crippen LogP contribution in [0.4, 0.5) is 0 Å². The number of nitriles is 1. The average molecular weight is 204 g/mol. The summed E-state index contributed by atoms with van der Waals surface area (Å²) in [6.45, 7) is 7.83. The van der Waals surface area contributed by atoms with E-state index >= 15 is 0 Å². The molecule has 0 atom stereocenters. The first kappa shape index (κ1) is 11.5. The monoisotopic (exact) mass is 204 g/mol. The van der Waals surface area contributed by atoms with Gasteiger partial charge in [0.25, 0.3) is 5.91 Å². The van der Waals surface area contributed by atoms with E-state index in [-0.39, 0.29) is 17.0 Å². The largest absolute Gasteiger partial charge is 0.346 e. The van der Waals surface area contributed by atoms with Crippen LogP contribution in [0.3, 0.4) is 0 Å². The van der Waals surface area contributed by atoms with E-state index in [0.29, 0.717) is 6.42 Å². The van der Waals surface area contributed by atoms with Gasteiger partial charge in [0.2, 0.25) is 0 Å². The summed E-state index contributed by atoms with van der Waals surface area (Å²) in [5.41, 5.74) is 1.92. The molecule has 0 aromatic carbocycles. The molecular weight excluding hydrogens is 188 g/mol. The Morgan fingerprint density at radius 3 is 2.60 bits per heavy atom. The van der Waals surface area contributed by atoms with Crippen molar-refractivity contribution in [1.82, 2.24) is 5.32 Å². The van der Waals surface area contributed by atoms with Crippen LogP contribution in [-0.2, 0) is 4.79 Å². The summed E-state index contributed by atoms with van der Waals surface area (Å²) in [7, 11) is 0. The molecule has 15 heavy (non-hydrogen) atoms. The minimum Gasteiger partial charge on any atom is -0.346 e. The van der Waals surface area contributed by atoms with Crippen LogP contribution in [0.25, 0.3) is 0 Å². The van der Waals surface area contributed by atoms with E-state index in [1.807, 2.05) is 39.8 Å². The topological polar surface area (TPSA) is 52.9 Å². The molecule has 1 amide bonds. The fourth-order valence-corrected chi connectivity index (χ4v) is 1.72. The van der Waals surface area contributed by atoms with Crippen molar-refractivity contribution in [3.05, 3.63) is 22.8 Å². The van der Waals surface area contributed by atoms with Crippen LogP contribution in [0, 0.1) is 11.3 Å². The Morgan fingerprint density at radius 2 is 2.13 bits per heavy atom. The van der Waals surface area contributed by atoms with Gasteiger partial charge in [-0.05, 0) is 39.7 Å². The number of carbonyl (C=O) groups excluding carboxylic acids is 1. The third kappa shape index (κ3) is 2.69. The fourth-order valence-electron chi connectivity index (χ4n) is 1.72. The number of rotatable bonds is 1. The lowest BCUT2D eigenvalue weighted by Crippen LogP contribution is -2.47. The van der Waals surface area contributed by atoms with Crippen molar-refractivity contribution in [3.63, 3.8) is 0 Å². The first-order valence-electron chi connectivity index (χ1n) is 4.96. The van der Waals surface area contributed by atoms with Gasteiger partial charge in [-0.2, -0.15) is 5.26 Å². The summed E-state index contributed by atoms with van der Waals surface area (Å²) in [6, 6.07) is 1.97. The predicted octanol–water partition coefficient (Wildman–Crippen LogP) is 2.07. The maximum atomic E-state index is 11.6. The highest BCUT2D eigenvalue weighted by molar-refractivity contribution is 6.00. The minimum atomic E-state index is -0.265. The quantitative estimate of drug-likeness (QED) is 0.710. The molecule has 0 spiro atoms. The minimum absolute atomic E-state index is 0.246. The zero-order valence-electron chi connectivity index (χ0n) is 9.64. The smallest absolute Gasteiger partial charge is 0.262 e. The van der Waals surface area contributed by atoms with Crippen LogP contribution in [0.15, 0.2) is 22.8 Å². The number of allylic oxidation sites excluding steroid dienone is 2. The van der Waals surface area contributed by atoms with Crippen LogP contribution in [0.5, 0.6) is 0 Å². The molecule has 0 radical (unpaired) electrons. The van der Waals surface area contributed by atoms with Crippen LogP contribution < -0.4 is 5.32 Å². The summed E-state index contributed by atoms with van der Waals surface area (Å²) < 4.78 is 0. The van der Waals surface area contributed by atoms with Crippen molar-refractivity contribution in [1.29, 1.82) is 5.26 Å². The summed E-state index contributed by atoms with van der Waals surface area (Å²) in [4.78, 5) is 11.6. The third-order valence-electron chi connectivity index (χ3n) is 2.21. The number of amides is 1. The van der Waals surface area contributed by atoms with Gasteiger partial charge < -0.3 is 5.32 Å². The van der Waals surface area contributed by atoms with Crippen molar-refractivity contribution >= 4 is 5.91 Å². The lowest BCUT2D eigenvalue weighted by Gasteiger charge is -2.31. The second-order valence-electron chi connectivity index (χ2n) is 4.75. The molecule has 0 unspecified atom stereocenters. The molecule has 0 fully saturated rings. The number of carbonyl (C=O) groups is 1. The van der Waals surface area contributed by atoms with E-state index in [4.69, 9.17) is 5.26 Å². The van der Waals surface area contributed by atoms with Gasteiger partial charge in [0.15, 0.2) is 0 Å². The molecule has 0 aliphatic carbocycles. The molecule has 0 aromatic heterocycles. The standard InChI is InChI=1S/C12H16N2O/c1-8(2)5-9-6-12(3,4)14-11(15)10(9)7-13/h5H,6H2,1-4H3,(H,14,15). The lowest BCUT2D eigenvalue weighted by atomic mass is 9.87. The second-order valence-corrected chi connectivity index (χ2v) is 4.75. The Morgan fingerprint density at radius 1 is 1.53 bits per heavy atom. The molecule has 1 rings (SSSR count). The molecule has 0 saturated heterocycles. The van der Waals surface area contributed by atoms with Gasteiger partial charge in [0.1, 0.15) is 11.6 Å². The lowest BCUT2D eigenvalue weighted by molar-refractivity contribution is -0.119. The molecule has 1 heterocycles. The van der Waals surface area contributed by atoms with Crippen molar-refractivity contribution < 1.29 is 4.79 Å². The van der Waals surface area contributed by atoms with Gasteiger partial charge in [-0.3, -0.25) is 4.79 Å². The highest BCUT2D eigenvalue weighted by atomic mass is 16.1. The van der Waals surface area contributed by atoms with Gasteiger partial charge in [-0.1, -0.05) is 11.6 Å². The Kier molecular flexibility index (Phi) is 2.99. The van der Waals surface area contributed by atoms with Gasteiger partial charge in [0, 0.05) is 5.54 Å². The van der Waals surface area contributed by atoms with Crippen LogP contribution in [0.2, 0.25) is 0 Å². The first-order valence-corrected chi connectivity index (χ1v) is 4.96. The molecule has 3 heteroatoms. The van der Waals surface area contributed by atoms with Gasteiger partial charge in [0.05, 0.1) is 0 Å². The number of nitrogens with one attached hydrogen (secondary N) is 1. The maximum absolute atomic E-state index is 11.6. The molecule has 1 N–H and O–H groups in total. The average Bonchev–Trinajstić information content (AvgIpc) is 1.99. The van der Waals surface area contributed by atoms with Crippen LogP contribution in [0.1, 0.15) is 34.1 Å². The van der Waals surface area contributed by atoms with Gasteiger partial charge in [-0.15, -0.1) is 0 Å². The fraction of sp³-hybridized carbons (Fsp3) is 0.500. The summed E-state index contributed by atoms with van der Waals surface area (Å²) >= 11 is 0. The Bertz CT molecular complexity index is 390. The first-order chi connectivity index (χ1) is 6.85. The second kappa shape index (κ2) is 3.90. The zero-order chi connectivity index (χ0) is 11.6. The molecular formula is C12H16N2O. The molecule has 0 saturated carbocycles. The molecule has 1 aliphatic heterocycles. The van der Waals surface area contributed by atoms with Gasteiger partial charge in [-0.25, -0.2) is 0 Å². The van der Waals surface area contributed by atoms with Crippen LogP contribution >= 0.6 is 0 Å². The predicted molar refractivity (Wildman–Crippen MR) is 58.9 cm³/mol. The number of hydrogen-bond acceptors (Lipinski definition) is 2. The van der Waals surface area contributed by atoms with E-state index in [0.717, 1.165) is 11.1 Å². The summed E-state index contributed by atoms with van der Waals surface area (Å²) in [6.07, 6.45) is 2.62. The van der Waals surface area contributed by atoms with E-state index in [1.54, 1.807) is 0 Å². The summed E-state index contributed by atoms with van der Waals surface area (Å²) in [5, 5.41) is 11.7. The van der Waals surface area contributed by atoms with Crippen molar-refractivity contribution in [2.24, 2.45) is 0 Å². The van der Waals surface area contributed by atoms with Crippen molar-refractivity contribution in [2.45, 2.75) is 39.7 Å². The third-order valence-corrected chi connectivity index (χ3v) is 2.21. The van der Waals surface area contributed by atoms with E-state index in [2.05, 4.69) is 5.32 Å². The highest BCUT2D eigenvalue weighted by Crippen LogP contribution is 2.26. The SMILES string of the molecule is CC(C)=CC1=C(C#N)C(=O)NC(C)(C)C1. The molecule has 0 aromatic rings. The molecule has 80 valence electrons. The van der Waals surface area contributed by atoms with Crippen LogP contribution in [-0.4, -0.2) is 11.4 Å². The van der Waals surface area contributed by atoms with E-state index < -0.39 is 0 Å². The maximum Gasteiger partial charge on any atom is 0.262 e. The number of nitrogens with zero attached hydrogens (tertiary/aromatic N) is 1. The zero-order valence-corrected chi connectivity index (χ0v) is 9.64.